The molecule has 2 unspecified atom stereocenters. The Balaban J connectivity index is 1.97. The van der Waals surface area contributed by atoms with Crippen molar-refractivity contribution in [1.82, 2.24) is 5.32 Å². The largest absolute Gasteiger partial charge is 0.478 e. The first-order valence-electron chi connectivity index (χ1n) is 6.19. The highest BCUT2D eigenvalue weighted by Gasteiger charge is 2.25. The Morgan fingerprint density at radius 1 is 1.45 bits per heavy atom. The maximum Gasteiger partial charge on any atom is 0.337 e. The number of hydrogen-bond donors (Lipinski definition) is 3. The molecule has 2 rings (SSSR count). The molecule has 1 fully saturated rings. The van der Waals surface area contributed by atoms with E-state index in [0.29, 0.717) is 12.3 Å². The molecule has 1 aliphatic heterocycles. The summed E-state index contributed by atoms with van der Waals surface area (Å²) in [6.45, 7) is 2.53. The van der Waals surface area contributed by atoms with Gasteiger partial charge in [0.05, 0.1) is 22.7 Å². The monoisotopic (exact) mass is 298 g/mol. The van der Waals surface area contributed by atoms with Gasteiger partial charge < -0.3 is 20.5 Å². The summed E-state index contributed by atoms with van der Waals surface area (Å²) in [7, 11) is 0. The molecule has 3 N–H and O–H groups in total. The average Bonchev–Trinajstić information content (AvgIpc) is 2.74. The maximum absolute atomic E-state index is 11.8. The standard InChI is InChI=1S/C13H15ClN2O4/c1-7-11(4-5-20-7)16-13(19)15-8-2-3-9(12(17)18)10(14)6-8/h2-3,6-7,11H,4-5H2,1H3,(H,17,18)(H2,15,16,19). The SMILES string of the molecule is CC1OCCC1NC(=O)Nc1ccc(C(=O)O)c(Cl)c1. The Morgan fingerprint density at radius 2 is 2.20 bits per heavy atom. The second-order valence-electron chi connectivity index (χ2n) is 4.57. The lowest BCUT2D eigenvalue weighted by atomic mass is 10.1. The Labute approximate surface area is 121 Å². The fraction of sp³-hybridized carbons (Fsp3) is 0.385. The van der Waals surface area contributed by atoms with Crippen molar-refractivity contribution in [1.29, 1.82) is 0 Å². The number of anilines is 1. The molecule has 108 valence electrons. The van der Waals surface area contributed by atoms with Crippen molar-refractivity contribution in [2.45, 2.75) is 25.5 Å². The van der Waals surface area contributed by atoms with Crippen LogP contribution in [-0.4, -0.2) is 35.9 Å². The molecule has 1 aliphatic rings. The average molecular weight is 299 g/mol. The van der Waals surface area contributed by atoms with E-state index < -0.39 is 5.97 Å². The third-order valence-corrected chi connectivity index (χ3v) is 3.46. The molecule has 1 aromatic rings. The number of ether oxygens (including phenoxy) is 1. The van der Waals surface area contributed by atoms with Crippen LogP contribution in [-0.2, 0) is 4.74 Å². The van der Waals surface area contributed by atoms with Gasteiger partial charge in [-0.15, -0.1) is 0 Å². The van der Waals surface area contributed by atoms with Gasteiger partial charge in [0.2, 0.25) is 0 Å². The molecule has 0 radical (unpaired) electrons. The Bertz CT molecular complexity index is 535. The molecule has 20 heavy (non-hydrogen) atoms. The highest BCUT2D eigenvalue weighted by atomic mass is 35.5. The van der Waals surface area contributed by atoms with Gasteiger partial charge in [-0.05, 0) is 31.5 Å². The van der Waals surface area contributed by atoms with Crippen LogP contribution in [0.15, 0.2) is 18.2 Å². The van der Waals surface area contributed by atoms with E-state index in [4.69, 9.17) is 21.4 Å². The Morgan fingerprint density at radius 3 is 2.75 bits per heavy atom. The summed E-state index contributed by atoms with van der Waals surface area (Å²) < 4.78 is 5.35. The molecule has 1 saturated heterocycles. The minimum atomic E-state index is -1.11. The van der Waals surface area contributed by atoms with Gasteiger partial charge in [0.1, 0.15) is 0 Å². The highest BCUT2D eigenvalue weighted by Crippen LogP contribution is 2.21. The molecular formula is C13H15ClN2O4. The Kier molecular flexibility index (Phi) is 4.46. The first kappa shape index (κ1) is 14.6. The van der Waals surface area contributed by atoms with Crippen LogP contribution in [0.4, 0.5) is 10.5 Å². The number of halogens is 1. The molecule has 0 spiro atoms. The highest BCUT2D eigenvalue weighted by molar-refractivity contribution is 6.33. The summed E-state index contributed by atoms with van der Waals surface area (Å²) in [6.07, 6.45) is 0.756. The van der Waals surface area contributed by atoms with Gasteiger partial charge in [0, 0.05) is 12.3 Å². The van der Waals surface area contributed by atoms with Gasteiger partial charge in [-0.3, -0.25) is 0 Å². The minimum absolute atomic E-state index is 0.00422. The number of rotatable bonds is 3. The van der Waals surface area contributed by atoms with Gasteiger partial charge in [0.15, 0.2) is 0 Å². The van der Waals surface area contributed by atoms with Crippen LogP contribution in [0.3, 0.4) is 0 Å². The summed E-state index contributed by atoms with van der Waals surface area (Å²) >= 11 is 5.83. The summed E-state index contributed by atoms with van der Waals surface area (Å²) in [5.74, 6) is -1.11. The van der Waals surface area contributed by atoms with Gasteiger partial charge in [-0.25, -0.2) is 9.59 Å². The van der Waals surface area contributed by atoms with Gasteiger partial charge in [-0.2, -0.15) is 0 Å². The third-order valence-electron chi connectivity index (χ3n) is 3.15. The van der Waals surface area contributed by atoms with Crippen molar-refractivity contribution in [2.75, 3.05) is 11.9 Å². The van der Waals surface area contributed by atoms with E-state index in [1.54, 1.807) is 0 Å². The number of urea groups is 1. The van der Waals surface area contributed by atoms with Crippen LogP contribution >= 0.6 is 11.6 Å². The normalized spacial score (nSPS) is 21.5. The molecule has 2 atom stereocenters. The van der Waals surface area contributed by atoms with Crippen molar-refractivity contribution in [2.24, 2.45) is 0 Å². The van der Waals surface area contributed by atoms with Gasteiger partial charge >= 0.3 is 12.0 Å². The maximum atomic E-state index is 11.8. The predicted octanol–water partition coefficient (Wildman–Crippen LogP) is 2.34. The van der Waals surface area contributed by atoms with E-state index in [1.807, 2.05) is 6.92 Å². The number of carbonyl (C=O) groups excluding carboxylic acids is 1. The van der Waals surface area contributed by atoms with Crippen molar-refractivity contribution in [3.63, 3.8) is 0 Å². The van der Waals surface area contributed by atoms with Gasteiger partial charge in [-0.1, -0.05) is 11.6 Å². The summed E-state index contributed by atoms with van der Waals surface area (Å²) in [4.78, 5) is 22.6. The van der Waals surface area contributed by atoms with E-state index in [9.17, 15) is 9.59 Å². The lowest BCUT2D eigenvalue weighted by Gasteiger charge is -2.16. The quantitative estimate of drug-likeness (QED) is 0.799. The summed E-state index contributed by atoms with van der Waals surface area (Å²) in [6, 6.07) is 3.85. The lowest BCUT2D eigenvalue weighted by molar-refractivity contribution is 0.0697. The van der Waals surface area contributed by atoms with Crippen LogP contribution in [0.5, 0.6) is 0 Å². The number of carboxylic acids is 1. The fourth-order valence-electron chi connectivity index (χ4n) is 2.02. The van der Waals surface area contributed by atoms with Crippen LogP contribution in [0.25, 0.3) is 0 Å². The zero-order valence-electron chi connectivity index (χ0n) is 10.9. The van der Waals surface area contributed by atoms with Crippen LogP contribution in [0, 0.1) is 0 Å². The van der Waals surface area contributed by atoms with Gasteiger partial charge in [0.25, 0.3) is 0 Å². The zero-order chi connectivity index (χ0) is 14.7. The van der Waals surface area contributed by atoms with E-state index >= 15 is 0 Å². The molecule has 6 nitrogen and oxygen atoms in total. The molecule has 0 aliphatic carbocycles. The second kappa shape index (κ2) is 6.11. The molecular weight excluding hydrogens is 284 g/mol. The smallest absolute Gasteiger partial charge is 0.337 e. The third kappa shape index (κ3) is 3.40. The fourth-order valence-corrected chi connectivity index (χ4v) is 2.28. The van der Waals surface area contributed by atoms with E-state index in [2.05, 4.69) is 10.6 Å². The number of carboxylic acid groups (broad SMARTS) is 1. The van der Waals surface area contributed by atoms with Crippen LogP contribution in [0.2, 0.25) is 5.02 Å². The first-order chi connectivity index (χ1) is 9.47. The second-order valence-corrected chi connectivity index (χ2v) is 4.98. The number of benzene rings is 1. The Hall–Kier alpha value is -1.79. The van der Waals surface area contributed by atoms with E-state index in [-0.39, 0.29) is 28.8 Å². The van der Waals surface area contributed by atoms with Crippen molar-refractivity contribution in [3.8, 4) is 0 Å². The predicted molar refractivity (Wildman–Crippen MR) is 74.4 cm³/mol. The zero-order valence-corrected chi connectivity index (χ0v) is 11.6. The summed E-state index contributed by atoms with van der Waals surface area (Å²) in [5.41, 5.74) is 0.430. The molecule has 2 amide bonds. The molecule has 0 saturated carbocycles. The molecule has 0 bridgehead atoms. The van der Waals surface area contributed by atoms with Crippen molar-refractivity contribution < 1.29 is 19.4 Å². The van der Waals surface area contributed by atoms with E-state index in [0.717, 1.165) is 6.42 Å². The topological polar surface area (TPSA) is 87.7 Å². The minimum Gasteiger partial charge on any atom is -0.478 e. The molecule has 1 heterocycles. The van der Waals surface area contributed by atoms with Crippen molar-refractivity contribution in [3.05, 3.63) is 28.8 Å². The summed E-state index contributed by atoms with van der Waals surface area (Å²) in [5, 5.41) is 14.3. The lowest BCUT2D eigenvalue weighted by Crippen LogP contribution is -2.41. The van der Waals surface area contributed by atoms with E-state index in [1.165, 1.54) is 18.2 Å². The van der Waals surface area contributed by atoms with Crippen LogP contribution < -0.4 is 10.6 Å². The number of carbonyl (C=O) groups is 2. The van der Waals surface area contributed by atoms with Crippen LogP contribution in [0.1, 0.15) is 23.7 Å². The first-order valence-corrected chi connectivity index (χ1v) is 6.57. The number of hydrogen-bond acceptors (Lipinski definition) is 3. The number of nitrogens with one attached hydrogen (secondary N) is 2. The molecule has 7 heteroatoms. The number of amides is 2. The van der Waals surface area contributed by atoms with Crippen molar-refractivity contribution >= 4 is 29.3 Å². The molecule has 0 aromatic heterocycles. The molecule has 1 aromatic carbocycles. The number of aromatic carboxylic acids is 1.